The molecule has 24 heteroatoms. The molecule has 3 aromatic rings. The van der Waals surface area contributed by atoms with Gasteiger partial charge in [0.1, 0.15) is 0 Å². The van der Waals surface area contributed by atoms with Crippen LogP contribution >= 0.6 is 11.6 Å². The Morgan fingerprint density at radius 3 is 1.23 bits per heavy atom. The van der Waals surface area contributed by atoms with Crippen molar-refractivity contribution in [2.45, 2.75) is 9.79 Å². The van der Waals surface area contributed by atoms with Crippen LogP contribution in [0.3, 0.4) is 0 Å². The maximum atomic E-state index is 12.3. The second-order valence-corrected chi connectivity index (χ2v) is 14.3. The van der Waals surface area contributed by atoms with Crippen molar-refractivity contribution in [2.75, 3.05) is 35.4 Å². The topological polar surface area (TPSA) is 264 Å². The fraction of sp³-hybridized carbons (Fsp3) is 0.211. The van der Waals surface area contributed by atoms with Crippen molar-refractivity contribution >= 4 is 75.3 Å². The number of aromatic nitrogens is 3. The molecule has 0 bridgehead atoms. The van der Waals surface area contributed by atoms with Gasteiger partial charge in [-0.3, -0.25) is 8.37 Å². The molecule has 0 fully saturated rings. The van der Waals surface area contributed by atoms with Crippen molar-refractivity contribution < 1.29 is 154 Å². The normalized spacial score (nSPS) is 12.1. The summed E-state index contributed by atoms with van der Waals surface area (Å²) in [6.45, 7) is -1.68. The van der Waals surface area contributed by atoms with Gasteiger partial charge in [-0.25, -0.2) is 33.7 Å². The summed E-state index contributed by atoms with van der Waals surface area (Å²) in [5.41, 5.74) is 0.665. The first-order valence-corrected chi connectivity index (χ1v) is 17.1. The van der Waals surface area contributed by atoms with E-state index in [1.807, 2.05) is 0 Å². The van der Waals surface area contributed by atoms with Crippen molar-refractivity contribution in [3.05, 3.63) is 53.8 Å². The number of hydrogen-bond donors (Lipinski definition) is 2. The summed E-state index contributed by atoms with van der Waals surface area (Å²) in [4.78, 5) is 11.6. The number of anilines is 4. The van der Waals surface area contributed by atoms with Crippen molar-refractivity contribution in [3.8, 4) is 0 Å². The van der Waals surface area contributed by atoms with Gasteiger partial charge in [0.15, 0.2) is 19.7 Å². The van der Waals surface area contributed by atoms with Crippen LogP contribution in [0.4, 0.5) is 23.3 Å². The molecule has 0 unspecified atom stereocenters. The van der Waals surface area contributed by atoms with Crippen LogP contribution < -0.4 is 113 Å². The SMILES string of the molecule is O=S(=O)([O-])OCCS(=O)(=O)c1ccc(Nc2nc(Cl)nc(Nc3ccc(S(=O)(=O)CCOS(=O)(=O)[O-])cc3)n2)cc1.[K+].[K+]. The molecule has 0 radical (unpaired) electrons. The Labute approximate surface area is 337 Å². The van der Waals surface area contributed by atoms with E-state index in [0.717, 1.165) is 0 Å². The second-order valence-electron chi connectivity index (χ2n) is 7.65. The van der Waals surface area contributed by atoms with Gasteiger partial charge in [-0.15, -0.1) is 0 Å². The number of nitrogens with zero attached hydrogens (tertiary/aromatic N) is 3. The Hall–Kier alpha value is 0.253. The molecule has 1 aromatic heterocycles. The van der Waals surface area contributed by atoms with Crippen molar-refractivity contribution in [1.82, 2.24) is 15.0 Å². The standard InChI is InChI=1S/C19H20ClN5O12S4.2K/c20-17-23-18(21-13-1-5-15(6-2-13)38(26,27)11-9-36-40(30,31)32)25-19(24-17)22-14-3-7-16(8-4-14)39(28,29)12-10-37-41(33,34)35;;/h1-8H,9-12H2,(H,30,31,32)(H,33,34,35)(H2,21,22,23,24,25);;/q;2*+1/p-2. The largest absolute Gasteiger partial charge is 1.00 e. The van der Waals surface area contributed by atoms with Crippen LogP contribution in [-0.2, 0) is 48.8 Å². The average Bonchev–Trinajstić information content (AvgIpc) is 2.82. The maximum Gasteiger partial charge on any atom is 1.00 e. The summed E-state index contributed by atoms with van der Waals surface area (Å²) in [7, 11) is -18.0. The monoisotopic (exact) mass is 749 g/mol. The number of nitrogens with one attached hydrogen (secondary N) is 2. The second kappa shape index (κ2) is 17.4. The van der Waals surface area contributed by atoms with E-state index in [1.54, 1.807) is 0 Å². The first kappa shape index (κ1) is 41.3. The fourth-order valence-electron chi connectivity index (χ4n) is 2.94. The number of halogens is 1. The molecule has 0 amide bonds. The zero-order valence-corrected chi connectivity index (χ0v) is 32.5. The number of sulfone groups is 2. The molecule has 17 nitrogen and oxygen atoms in total. The zero-order chi connectivity index (χ0) is 30.5. The molecule has 43 heavy (non-hydrogen) atoms. The minimum atomic E-state index is -5.03. The van der Waals surface area contributed by atoms with E-state index in [2.05, 4.69) is 34.0 Å². The molecular formula is C19H18ClK2N5O12S4. The molecule has 2 aromatic carbocycles. The van der Waals surface area contributed by atoms with Gasteiger partial charge < -0.3 is 19.7 Å². The van der Waals surface area contributed by atoms with Gasteiger partial charge in [-0.05, 0) is 60.1 Å². The Bertz CT molecular complexity index is 1700. The van der Waals surface area contributed by atoms with E-state index in [-0.39, 0.29) is 130 Å². The van der Waals surface area contributed by atoms with Gasteiger partial charge in [0.2, 0.25) is 38.0 Å². The van der Waals surface area contributed by atoms with Crippen LogP contribution in [0.15, 0.2) is 58.3 Å². The van der Waals surface area contributed by atoms with Gasteiger partial charge >= 0.3 is 103 Å². The third-order valence-electron chi connectivity index (χ3n) is 4.71. The summed E-state index contributed by atoms with van der Waals surface area (Å²) in [5.74, 6) is -1.59. The molecule has 224 valence electrons. The third kappa shape index (κ3) is 14.7. The molecule has 0 atom stereocenters. The third-order valence-corrected chi connectivity index (χ3v) is 9.18. The van der Waals surface area contributed by atoms with E-state index in [9.17, 15) is 42.8 Å². The first-order chi connectivity index (χ1) is 18.9. The Balaban J connectivity index is 0.00000462. The number of rotatable bonds is 14. The number of hydrogen-bond acceptors (Lipinski definition) is 17. The summed E-state index contributed by atoms with van der Waals surface area (Å²) in [6.07, 6.45) is 0. The van der Waals surface area contributed by atoms with Gasteiger partial charge in [0, 0.05) is 11.4 Å². The van der Waals surface area contributed by atoms with Gasteiger partial charge in [-0.1, -0.05) is 0 Å². The Kier molecular flexibility index (Phi) is 16.7. The van der Waals surface area contributed by atoms with Crippen molar-refractivity contribution in [2.24, 2.45) is 0 Å². The minimum absolute atomic E-state index is 0. The van der Waals surface area contributed by atoms with Crippen LogP contribution in [-0.4, -0.2) is 82.4 Å². The molecule has 0 saturated carbocycles. The minimum Gasteiger partial charge on any atom is -0.726 e. The molecule has 0 aliphatic rings. The molecule has 0 saturated heterocycles. The van der Waals surface area contributed by atoms with E-state index >= 15 is 0 Å². The molecule has 3 rings (SSSR count). The van der Waals surface area contributed by atoms with Crippen LogP contribution in [0.5, 0.6) is 0 Å². The van der Waals surface area contributed by atoms with E-state index in [1.165, 1.54) is 48.5 Å². The summed E-state index contributed by atoms with van der Waals surface area (Å²) >= 11 is 5.96. The predicted octanol–water partition coefficient (Wildman–Crippen LogP) is -5.48. The molecule has 0 aliphatic heterocycles. The molecule has 0 spiro atoms. The van der Waals surface area contributed by atoms with Gasteiger partial charge in [0.05, 0.1) is 34.5 Å². The van der Waals surface area contributed by atoms with Crippen LogP contribution in [0, 0.1) is 0 Å². The fourth-order valence-corrected chi connectivity index (χ4v) is 6.06. The van der Waals surface area contributed by atoms with Gasteiger partial charge in [0.25, 0.3) is 0 Å². The van der Waals surface area contributed by atoms with Crippen LogP contribution in [0.1, 0.15) is 0 Å². The maximum absolute atomic E-state index is 12.3. The van der Waals surface area contributed by atoms with Crippen molar-refractivity contribution in [1.29, 1.82) is 0 Å². The Morgan fingerprint density at radius 1 is 0.605 bits per heavy atom. The Morgan fingerprint density at radius 2 is 0.930 bits per heavy atom. The zero-order valence-electron chi connectivity index (χ0n) is 22.2. The molecule has 0 aliphatic carbocycles. The predicted molar refractivity (Wildman–Crippen MR) is 140 cm³/mol. The van der Waals surface area contributed by atoms with Crippen LogP contribution in [0.2, 0.25) is 5.28 Å². The number of benzene rings is 2. The van der Waals surface area contributed by atoms with Crippen molar-refractivity contribution in [3.63, 3.8) is 0 Å². The smallest absolute Gasteiger partial charge is 0.726 e. The van der Waals surface area contributed by atoms with Gasteiger partial charge in [-0.2, -0.15) is 15.0 Å². The van der Waals surface area contributed by atoms with E-state index in [4.69, 9.17) is 11.6 Å². The first-order valence-electron chi connectivity index (χ1n) is 10.7. The quantitative estimate of drug-likeness (QED) is 0.0884. The summed E-state index contributed by atoms with van der Waals surface area (Å²) in [5, 5.41) is 5.35. The van der Waals surface area contributed by atoms with E-state index in [0.29, 0.717) is 11.4 Å². The molecule has 1 heterocycles. The summed E-state index contributed by atoms with van der Waals surface area (Å²) in [6, 6.07) is 10.3. The molecule has 2 N–H and O–H groups in total. The van der Waals surface area contributed by atoms with E-state index < -0.39 is 65.2 Å². The molecular weight excluding hydrogens is 732 g/mol. The summed E-state index contributed by atoms with van der Waals surface area (Å²) < 4.78 is 120. The average molecular weight is 750 g/mol. The van der Waals surface area contributed by atoms with Crippen LogP contribution in [0.25, 0.3) is 0 Å².